The van der Waals surface area contributed by atoms with E-state index in [1.807, 2.05) is 0 Å². The molecule has 0 spiro atoms. The molecule has 1 fully saturated rings. The number of carbonyl (C=O) groups is 8. The van der Waals surface area contributed by atoms with E-state index in [2.05, 4.69) is 41.9 Å². The molecular formula is C49H69N15O11. The molecule has 1 aliphatic heterocycles. The van der Waals surface area contributed by atoms with E-state index in [9.17, 15) is 53.7 Å². The number of aliphatic imine (C=N–C) groups is 2. The molecule has 406 valence electrons. The number of carbonyl (C=O) groups excluding carboxylic acids is 8. The lowest BCUT2D eigenvalue weighted by molar-refractivity contribution is -0.142. The molecule has 3 aromatic carbocycles. The number of nitrogens with one attached hydrogen (secondary N) is 6. The van der Waals surface area contributed by atoms with Crippen molar-refractivity contribution in [2.75, 3.05) is 32.8 Å². The predicted molar refractivity (Wildman–Crippen MR) is 275 cm³/mol. The van der Waals surface area contributed by atoms with Gasteiger partial charge in [0.25, 0.3) is 0 Å². The number of benzene rings is 3. The molecular weight excluding hydrogens is 975 g/mol. The highest BCUT2D eigenvalue weighted by Crippen LogP contribution is 2.21. The van der Waals surface area contributed by atoms with Gasteiger partial charge in [-0.3, -0.25) is 48.3 Å². The summed E-state index contributed by atoms with van der Waals surface area (Å²) in [6, 6.07) is 11.4. The van der Waals surface area contributed by atoms with Crippen molar-refractivity contribution in [3.05, 3.63) is 95.6 Å². The first-order chi connectivity index (χ1) is 35.7. The number of phenols is 2. The number of hydrogen-bond acceptors (Lipinski definition) is 14. The van der Waals surface area contributed by atoms with E-state index < -0.39 is 103 Å². The molecule has 1 saturated heterocycles. The van der Waals surface area contributed by atoms with Crippen molar-refractivity contribution in [2.24, 2.45) is 44.4 Å². The molecule has 26 nitrogen and oxygen atoms in total. The van der Waals surface area contributed by atoms with Crippen LogP contribution in [0.5, 0.6) is 11.5 Å². The molecule has 0 aromatic heterocycles. The van der Waals surface area contributed by atoms with Gasteiger partial charge in [0.15, 0.2) is 11.9 Å². The van der Waals surface area contributed by atoms with Gasteiger partial charge >= 0.3 is 0 Å². The topological polar surface area (TPSA) is 454 Å². The first-order valence-electron chi connectivity index (χ1n) is 24.2. The Labute approximate surface area is 432 Å². The van der Waals surface area contributed by atoms with Crippen molar-refractivity contribution < 1.29 is 53.7 Å². The van der Waals surface area contributed by atoms with Crippen LogP contribution in [0.4, 0.5) is 0 Å². The van der Waals surface area contributed by atoms with E-state index in [1.54, 1.807) is 42.5 Å². The molecule has 26 heteroatoms. The number of aliphatic hydroxyl groups is 1. The van der Waals surface area contributed by atoms with Crippen LogP contribution in [0.15, 0.2) is 88.8 Å². The second-order valence-electron chi connectivity index (χ2n) is 17.8. The summed E-state index contributed by atoms with van der Waals surface area (Å²) in [4.78, 5) is 118. The van der Waals surface area contributed by atoms with Crippen LogP contribution in [0.2, 0.25) is 0 Å². The molecule has 4 rings (SSSR count). The van der Waals surface area contributed by atoms with Crippen molar-refractivity contribution in [2.45, 2.75) is 100 Å². The molecule has 3 aromatic rings. The fourth-order valence-corrected chi connectivity index (χ4v) is 7.96. The Bertz CT molecular complexity index is 2470. The summed E-state index contributed by atoms with van der Waals surface area (Å²) in [5, 5.41) is 44.9. The van der Waals surface area contributed by atoms with Crippen molar-refractivity contribution in [1.29, 1.82) is 0 Å². The van der Waals surface area contributed by atoms with Gasteiger partial charge in [-0.15, -0.1) is 0 Å². The Kier molecular flexibility index (Phi) is 23.5. The second kappa shape index (κ2) is 29.9. The minimum Gasteiger partial charge on any atom is -0.508 e. The normalized spacial score (nSPS) is 15.3. The number of hydrogen-bond donors (Lipinski definition) is 15. The molecule has 8 amide bonds. The highest BCUT2D eigenvalue weighted by molar-refractivity contribution is 5.97. The van der Waals surface area contributed by atoms with E-state index >= 15 is 0 Å². The van der Waals surface area contributed by atoms with Crippen molar-refractivity contribution >= 4 is 59.2 Å². The third-order valence-electron chi connectivity index (χ3n) is 11.9. The summed E-state index contributed by atoms with van der Waals surface area (Å²) >= 11 is 0. The maximum absolute atomic E-state index is 14.4. The number of amides is 8. The van der Waals surface area contributed by atoms with Gasteiger partial charge in [-0.25, -0.2) is 0 Å². The second-order valence-corrected chi connectivity index (χ2v) is 17.8. The van der Waals surface area contributed by atoms with Crippen LogP contribution in [0, 0.1) is 0 Å². The predicted octanol–water partition coefficient (Wildman–Crippen LogP) is -4.43. The molecule has 0 saturated carbocycles. The number of guanidine groups is 2. The zero-order valence-electron chi connectivity index (χ0n) is 41.4. The standard InChI is InChI=1S/C49H69N15O11/c50-33(9-4-20-56-48(52)53)42(70)61-36(24-29-12-16-31(66)17-13-29)45(73)60-34(10-5-21-57-49(54)55)44(72)62-35(23-28-7-2-1-3-8-28)43(71)58-26-40(68)59-37(25-30-14-18-32(67)19-15-30)47(75)64-22-6-11-39(64)46(74)63-38(27-65)41(51)69/h1-3,7-8,12-19,33-39,65-67H,4-6,9-11,20-27,50H2,(H2,51,69)(H,58,71)(H,59,68)(H,60,73)(H,61,70)(H,62,72)(H,63,74)(H4,52,53,56)(H4,54,55,57)/t33-,34+,35-,36-,37-,38-,39-/m0/s1. The van der Waals surface area contributed by atoms with Gasteiger partial charge in [-0.2, -0.15) is 0 Å². The van der Waals surface area contributed by atoms with E-state index in [-0.39, 0.29) is 88.0 Å². The first-order valence-corrected chi connectivity index (χ1v) is 24.2. The summed E-state index contributed by atoms with van der Waals surface area (Å²) in [5.74, 6) is -6.81. The Morgan fingerprint density at radius 3 is 1.63 bits per heavy atom. The number of nitrogens with zero attached hydrogens (tertiary/aromatic N) is 3. The number of likely N-dealkylation sites (tertiary alicyclic amines) is 1. The zero-order chi connectivity index (χ0) is 55.0. The lowest BCUT2D eigenvalue weighted by Crippen LogP contribution is -2.59. The van der Waals surface area contributed by atoms with Crippen LogP contribution >= 0.6 is 0 Å². The summed E-state index contributed by atoms with van der Waals surface area (Å²) in [6.07, 6.45) is 0.888. The lowest BCUT2D eigenvalue weighted by atomic mass is 10.0. The molecule has 0 aliphatic carbocycles. The molecule has 7 atom stereocenters. The Hall–Kier alpha value is -8.52. The van der Waals surface area contributed by atoms with Crippen LogP contribution in [-0.2, 0) is 57.6 Å². The highest BCUT2D eigenvalue weighted by Gasteiger charge is 2.39. The minimum absolute atomic E-state index is 0.0409. The zero-order valence-corrected chi connectivity index (χ0v) is 41.4. The number of rotatable bonds is 29. The summed E-state index contributed by atoms with van der Waals surface area (Å²) in [6.45, 7) is -1.11. The fraction of sp³-hybridized carbons (Fsp3) is 0.429. The van der Waals surface area contributed by atoms with Gasteiger partial charge in [0.2, 0.25) is 47.3 Å². The van der Waals surface area contributed by atoms with E-state index in [0.29, 0.717) is 29.5 Å². The van der Waals surface area contributed by atoms with Gasteiger partial charge in [0.05, 0.1) is 19.2 Å². The third-order valence-corrected chi connectivity index (χ3v) is 11.9. The van der Waals surface area contributed by atoms with Crippen LogP contribution in [0.3, 0.4) is 0 Å². The van der Waals surface area contributed by atoms with Crippen molar-refractivity contribution in [1.82, 2.24) is 36.8 Å². The fourth-order valence-electron chi connectivity index (χ4n) is 7.96. The quantitative estimate of drug-likeness (QED) is 0.0177. The monoisotopic (exact) mass is 1040 g/mol. The van der Waals surface area contributed by atoms with Crippen LogP contribution in [0.1, 0.15) is 55.2 Å². The third kappa shape index (κ3) is 20.1. The first kappa shape index (κ1) is 59.0. The summed E-state index contributed by atoms with van der Waals surface area (Å²) in [5.41, 5.74) is 35.0. The molecule has 0 unspecified atom stereocenters. The Morgan fingerprint density at radius 1 is 0.587 bits per heavy atom. The molecule has 1 heterocycles. The van der Waals surface area contributed by atoms with Crippen LogP contribution in [0.25, 0.3) is 0 Å². The van der Waals surface area contributed by atoms with E-state index in [4.69, 9.17) is 34.4 Å². The maximum atomic E-state index is 14.4. The largest absolute Gasteiger partial charge is 0.508 e. The SMILES string of the molecule is NC(=O)[C@H](CO)NC(=O)[C@@H]1CCCN1C(=O)[C@H](Cc1ccc(O)cc1)NC(=O)CNC(=O)[C@H](Cc1ccccc1)NC(=O)[C@@H](CCCN=C(N)N)NC(=O)[C@H](Cc1ccc(O)cc1)NC(=O)[C@@H](N)CCCN=C(N)N. The summed E-state index contributed by atoms with van der Waals surface area (Å²) in [7, 11) is 0. The van der Waals surface area contributed by atoms with Gasteiger partial charge < -0.3 is 86.5 Å². The van der Waals surface area contributed by atoms with Crippen LogP contribution in [-0.4, -0.2) is 154 Å². The average molecular weight is 1040 g/mol. The van der Waals surface area contributed by atoms with Crippen LogP contribution < -0.4 is 66.3 Å². The van der Waals surface area contributed by atoms with Gasteiger partial charge in [-0.1, -0.05) is 54.6 Å². The van der Waals surface area contributed by atoms with Crippen molar-refractivity contribution in [3.63, 3.8) is 0 Å². The molecule has 21 N–H and O–H groups in total. The molecule has 0 radical (unpaired) electrons. The Balaban J connectivity index is 1.56. The van der Waals surface area contributed by atoms with Crippen molar-refractivity contribution in [3.8, 4) is 11.5 Å². The van der Waals surface area contributed by atoms with E-state index in [1.165, 1.54) is 41.3 Å². The summed E-state index contributed by atoms with van der Waals surface area (Å²) < 4.78 is 0. The van der Waals surface area contributed by atoms with Gasteiger partial charge in [0.1, 0.15) is 47.8 Å². The molecule has 75 heavy (non-hydrogen) atoms. The van der Waals surface area contributed by atoms with E-state index in [0.717, 1.165) is 0 Å². The smallest absolute Gasteiger partial charge is 0.246 e. The lowest BCUT2D eigenvalue weighted by Gasteiger charge is -2.29. The number of nitrogens with two attached hydrogens (primary N) is 6. The average Bonchev–Trinajstić information content (AvgIpc) is 3.88. The number of primary amides is 1. The van der Waals surface area contributed by atoms with Gasteiger partial charge in [-0.05, 0) is 79.5 Å². The minimum atomic E-state index is -1.40. The number of aromatic hydroxyl groups is 2. The molecule has 0 bridgehead atoms. The highest BCUT2D eigenvalue weighted by atomic mass is 16.3. The number of aliphatic hydroxyl groups excluding tert-OH is 1. The van der Waals surface area contributed by atoms with Gasteiger partial charge in [0, 0.05) is 38.9 Å². The maximum Gasteiger partial charge on any atom is 0.246 e. The molecule has 1 aliphatic rings. The number of phenolic OH excluding ortho intramolecular Hbond substituents is 2. The Morgan fingerprint density at radius 2 is 1.08 bits per heavy atom.